The molecule has 0 aromatic heterocycles. The number of amides is 3. The molecule has 0 heterocycles. The first-order valence-electron chi connectivity index (χ1n) is 7.18. The zero-order chi connectivity index (χ0) is 18.6. The van der Waals surface area contributed by atoms with Crippen molar-refractivity contribution in [3.8, 4) is 5.75 Å². The van der Waals surface area contributed by atoms with Crippen molar-refractivity contribution in [3.05, 3.63) is 52.5 Å². The molecule has 0 aliphatic heterocycles. The van der Waals surface area contributed by atoms with Gasteiger partial charge in [0.15, 0.2) is 0 Å². The molecule has 25 heavy (non-hydrogen) atoms. The SMILES string of the molecule is COc1cc(Cl)c(C)cc1NC(=O)C(=O)Nc1ccc(C(N)=O)cc1. The van der Waals surface area contributed by atoms with E-state index < -0.39 is 17.7 Å². The van der Waals surface area contributed by atoms with Crippen LogP contribution in [0.3, 0.4) is 0 Å². The van der Waals surface area contributed by atoms with Crippen molar-refractivity contribution in [3.63, 3.8) is 0 Å². The number of anilines is 2. The van der Waals surface area contributed by atoms with Crippen LogP contribution in [0.5, 0.6) is 5.75 Å². The molecule has 2 rings (SSSR count). The molecule has 0 spiro atoms. The Morgan fingerprint density at radius 1 is 1.04 bits per heavy atom. The van der Waals surface area contributed by atoms with E-state index in [0.29, 0.717) is 27.7 Å². The van der Waals surface area contributed by atoms with Crippen molar-refractivity contribution in [2.45, 2.75) is 6.92 Å². The van der Waals surface area contributed by atoms with Gasteiger partial charge in [0.2, 0.25) is 5.91 Å². The van der Waals surface area contributed by atoms with Gasteiger partial charge in [-0.05, 0) is 42.8 Å². The molecule has 4 N–H and O–H groups in total. The van der Waals surface area contributed by atoms with Gasteiger partial charge >= 0.3 is 11.8 Å². The highest BCUT2D eigenvalue weighted by atomic mass is 35.5. The number of hydrogen-bond donors (Lipinski definition) is 3. The minimum Gasteiger partial charge on any atom is -0.495 e. The van der Waals surface area contributed by atoms with Crippen molar-refractivity contribution >= 4 is 40.7 Å². The largest absolute Gasteiger partial charge is 0.495 e. The molecular weight excluding hydrogens is 346 g/mol. The summed E-state index contributed by atoms with van der Waals surface area (Å²) >= 11 is 6.00. The number of methoxy groups -OCH3 is 1. The summed E-state index contributed by atoms with van der Waals surface area (Å²) in [6, 6.07) is 8.99. The highest BCUT2D eigenvalue weighted by Gasteiger charge is 2.17. The molecule has 0 radical (unpaired) electrons. The molecule has 0 fully saturated rings. The molecule has 130 valence electrons. The number of halogens is 1. The maximum Gasteiger partial charge on any atom is 0.314 e. The maximum absolute atomic E-state index is 12.1. The van der Waals surface area contributed by atoms with Gasteiger partial charge in [0.05, 0.1) is 12.8 Å². The standard InChI is InChI=1S/C17H16ClN3O4/c1-9-7-13(14(25-2)8-12(9)18)21-17(24)16(23)20-11-5-3-10(4-6-11)15(19)22/h3-8H,1-2H3,(H2,19,22)(H,20,23)(H,21,24). The van der Waals surface area contributed by atoms with Crippen LogP contribution in [-0.4, -0.2) is 24.8 Å². The van der Waals surface area contributed by atoms with E-state index >= 15 is 0 Å². The van der Waals surface area contributed by atoms with Gasteiger partial charge in [-0.2, -0.15) is 0 Å². The molecule has 0 saturated heterocycles. The number of ether oxygens (including phenoxy) is 1. The number of benzene rings is 2. The molecule has 8 heteroatoms. The molecule has 0 bridgehead atoms. The summed E-state index contributed by atoms with van der Waals surface area (Å²) in [6.07, 6.45) is 0. The molecule has 0 aliphatic rings. The Hall–Kier alpha value is -3.06. The van der Waals surface area contributed by atoms with E-state index in [2.05, 4.69) is 10.6 Å². The predicted molar refractivity (Wildman–Crippen MR) is 95.0 cm³/mol. The fraction of sp³-hybridized carbons (Fsp3) is 0.118. The average Bonchev–Trinajstić information content (AvgIpc) is 2.58. The summed E-state index contributed by atoms with van der Waals surface area (Å²) in [5.41, 5.74) is 6.83. The molecule has 2 aromatic rings. The van der Waals surface area contributed by atoms with Crippen LogP contribution in [0, 0.1) is 6.92 Å². The third kappa shape index (κ3) is 4.48. The van der Waals surface area contributed by atoms with E-state index in [0.717, 1.165) is 5.56 Å². The molecule has 0 atom stereocenters. The second-order valence-corrected chi connectivity index (χ2v) is 5.56. The van der Waals surface area contributed by atoms with Crippen LogP contribution < -0.4 is 21.1 Å². The third-order valence-corrected chi connectivity index (χ3v) is 3.77. The van der Waals surface area contributed by atoms with Crippen molar-refractivity contribution in [1.29, 1.82) is 0 Å². The molecule has 3 amide bonds. The normalized spacial score (nSPS) is 10.0. The second-order valence-electron chi connectivity index (χ2n) is 5.15. The summed E-state index contributed by atoms with van der Waals surface area (Å²) in [6.45, 7) is 1.76. The highest BCUT2D eigenvalue weighted by molar-refractivity contribution is 6.43. The zero-order valence-corrected chi connectivity index (χ0v) is 14.3. The topological polar surface area (TPSA) is 111 Å². The monoisotopic (exact) mass is 361 g/mol. The Balaban J connectivity index is 2.09. The van der Waals surface area contributed by atoms with Crippen LogP contribution in [0.1, 0.15) is 15.9 Å². The van der Waals surface area contributed by atoms with Crippen LogP contribution in [0.4, 0.5) is 11.4 Å². The molecular formula is C17H16ClN3O4. The molecule has 0 aliphatic carbocycles. The van der Waals surface area contributed by atoms with E-state index in [1.807, 2.05) is 0 Å². The minimum absolute atomic E-state index is 0.295. The van der Waals surface area contributed by atoms with Crippen LogP contribution >= 0.6 is 11.6 Å². The van der Waals surface area contributed by atoms with Crippen molar-refractivity contribution < 1.29 is 19.1 Å². The van der Waals surface area contributed by atoms with Gasteiger partial charge in [0.25, 0.3) is 0 Å². The van der Waals surface area contributed by atoms with Crippen LogP contribution in [-0.2, 0) is 9.59 Å². The molecule has 0 saturated carbocycles. The lowest BCUT2D eigenvalue weighted by Crippen LogP contribution is -2.29. The number of nitrogens with one attached hydrogen (secondary N) is 2. The average molecular weight is 362 g/mol. The molecule has 0 unspecified atom stereocenters. The fourth-order valence-electron chi connectivity index (χ4n) is 2.01. The first-order chi connectivity index (χ1) is 11.8. The Bertz CT molecular complexity index is 835. The molecule has 2 aromatic carbocycles. The van der Waals surface area contributed by atoms with E-state index in [9.17, 15) is 14.4 Å². The summed E-state index contributed by atoms with van der Waals surface area (Å²) in [5.74, 6) is -2.00. The minimum atomic E-state index is -0.876. The number of aryl methyl sites for hydroxylation is 1. The van der Waals surface area contributed by atoms with Crippen LogP contribution in [0.2, 0.25) is 5.02 Å². The van der Waals surface area contributed by atoms with Crippen molar-refractivity contribution in [2.24, 2.45) is 5.73 Å². The van der Waals surface area contributed by atoms with Gasteiger partial charge in [-0.1, -0.05) is 11.6 Å². The lowest BCUT2D eigenvalue weighted by atomic mass is 10.2. The van der Waals surface area contributed by atoms with E-state index in [1.165, 1.54) is 31.4 Å². The van der Waals surface area contributed by atoms with Gasteiger partial charge in [-0.3, -0.25) is 14.4 Å². The van der Waals surface area contributed by atoms with Crippen LogP contribution in [0.25, 0.3) is 0 Å². The first kappa shape index (κ1) is 18.3. The van der Waals surface area contributed by atoms with E-state index in [4.69, 9.17) is 22.1 Å². The lowest BCUT2D eigenvalue weighted by molar-refractivity contribution is -0.133. The summed E-state index contributed by atoms with van der Waals surface area (Å²) in [4.78, 5) is 35.1. The Morgan fingerprint density at radius 2 is 1.64 bits per heavy atom. The number of rotatable bonds is 4. The summed E-state index contributed by atoms with van der Waals surface area (Å²) in [5, 5.41) is 5.37. The zero-order valence-electron chi connectivity index (χ0n) is 13.6. The van der Waals surface area contributed by atoms with Crippen molar-refractivity contribution in [1.82, 2.24) is 0 Å². The summed E-state index contributed by atoms with van der Waals surface area (Å²) < 4.78 is 5.14. The fourth-order valence-corrected chi connectivity index (χ4v) is 2.17. The second kappa shape index (κ2) is 7.67. The van der Waals surface area contributed by atoms with Gasteiger partial charge in [0.1, 0.15) is 5.75 Å². The highest BCUT2D eigenvalue weighted by Crippen LogP contribution is 2.30. The summed E-state index contributed by atoms with van der Waals surface area (Å²) in [7, 11) is 1.43. The Kier molecular flexibility index (Phi) is 5.61. The maximum atomic E-state index is 12.1. The van der Waals surface area contributed by atoms with Gasteiger partial charge < -0.3 is 21.1 Å². The number of carbonyl (C=O) groups is 3. The Morgan fingerprint density at radius 3 is 2.20 bits per heavy atom. The van der Waals surface area contributed by atoms with E-state index in [1.54, 1.807) is 19.1 Å². The van der Waals surface area contributed by atoms with Gasteiger partial charge in [-0.15, -0.1) is 0 Å². The lowest BCUT2D eigenvalue weighted by Gasteiger charge is -2.12. The quantitative estimate of drug-likeness (QED) is 0.726. The molecule has 7 nitrogen and oxygen atoms in total. The predicted octanol–water partition coefficient (Wildman–Crippen LogP) is 2.33. The van der Waals surface area contributed by atoms with Gasteiger partial charge in [0, 0.05) is 22.3 Å². The Labute approximate surface area is 149 Å². The van der Waals surface area contributed by atoms with Crippen LogP contribution in [0.15, 0.2) is 36.4 Å². The number of carbonyl (C=O) groups excluding carboxylic acids is 3. The smallest absolute Gasteiger partial charge is 0.314 e. The first-order valence-corrected chi connectivity index (χ1v) is 7.56. The van der Waals surface area contributed by atoms with Gasteiger partial charge in [-0.25, -0.2) is 0 Å². The van der Waals surface area contributed by atoms with Crippen molar-refractivity contribution in [2.75, 3.05) is 17.7 Å². The third-order valence-electron chi connectivity index (χ3n) is 3.36. The van der Waals surface area contributed by atoms with E-state index in [-0.39, 0.29) is 0 Å². The number of primary amides is 1. The number of nitrogens with two attached hydrogens (primary N) is 1. The number of hydrogen-bond acceptors (Lipinski definition) is 4.